The van der Waals surface area contributed by atoms with Crippen molar-refractivity contribution in [2.24, 2.45) is 5.73 Å². The van der Waals surface area contributed by atoms with Crippen LogP contribution in [-0.4, -0.2) is 29.6 Å². The fourth-order valence-electron chi connectivity index (χ4n) is 3.46. The number of carbonyl (C=O) groups excluding carboxylic acids is 1. The minimum atomic E-state index is -0.959. The molecule has 0 aromatic heterocycles. The Hall–Kier alpha value is -1.36. The first-order chi connectivity index (χ1) is 14.6. The maximum atomic E-state index is 11.8. The Balaban J connectivity index is 3.26. The quantitative estimate of drug-likeness (QED) is 0.144. The fourth-order valence-corrected chi connectivity index (χ4v) is 3.46. The molecule has 0 rings (SSSR count). The zero-order chi connectivity index (χ0) is 22.3. The number of amides is 1. The van der Waals surface area contributed by atoms with Crippen molar-refractivity contribution in [3.05, 3.63) is 12.2 Å². The SMILES string of the molecule is CCCCCCC/C=C/CCCCCCCCCC(=O)NCCCC[C@H](N)C(=O)O. The van der Waals surface area contributed by atoms with Gasteiger partial charge in [0.15, 0.2) is 0 Å². The summed E-state index contributed by atoms with van der Waals surface area (Å²) in [5.41, 5.74) is 5.44. The molecule has 1 atom stereocenters. The van der Waals surface area contributed by atoms with Crippen molar-refractivity contribution in [3.63, 3.8) is 0 Å². The largest absolute Gasteiger partial charge is 0.480 e. The van der Waals surface area contributed by atoms with E-state index in [0.29, 0.717) is 19.4 Å². The molecule has 0 aromatic rings. The lowest BCUT2D eigenvalue weighted by Gasteiger charge is -2.07. The fraction of sp³-hybridized carbons (Fsp3) is 0.840. The number of rotatable bonds is 22. The van der Waals surface area contributed by atoms with E-state index in [0.717, 1.165) is 25.7 Å². The van der Waals surface area contributed by atoms with E-state index in [-0.39, 0.29) is 5.91 Å². The average molecular weight is 425 g/mol. The first-order valence-electron chi connectivity index (χ1n) is 12.5. The standard InChI is InChI=1S/C25H48N2O3/c1-2-3-4-5-6-7-8-9-10-11-12-13-14-15-16-17-21-24(28)27-22-19-18-20-23(26)25(29)30/h8-9,23H,2-7,10-22,26H2,1H3,(H,27,28)(H,29,30)/b9-8+/t23-/m0/s1. The molecule has 5 nitrogen and oxygen atoms in total. The van der Waals surface area contributed by atoms with E-state index in [4.69, 9.17) is 10.8 Å². The summed E-state index contributed by atoms with van der Waals surface area (Å²) in [6, 6.07) is -0.790. The second-order valence-corrected chi connectivity index (χ2v) is 8.48. The van der Waals surface area contributed by atoms with Gasteiger partial charge in [0.25, 0.3) is 0 Å². The van der Waals surface area contributed by atoms with E-state index in [1.165, 1.54) is 77.0 Å². The molecule has 0 aliphatic heterocycles. The number of aliphatic carboxylic acids is 1. The number of unbranched alkanes of at least 4 members (excludes halogenated alkanes) is 13. The Labute approximate surface area is 185 Å². The highest BCUT2D eigenvalue weighted by Gasteiger charge is 2.10. The summed E-state index contributed by atoms with van der Waals surface area (Å²) in [7, 11) is 0. The number of nitrogens with two attached hydrogens (primary N) is 1. The van der Waals surface area contributed by atoms with E-state index >= 15 is 0 Å². The molecular formula is C25H48N2O3. The highest BCUT2D eigenvalue weighted by Crippen LogP contribution is 2.11. The molecule has 30 heavy (non-hydrogen) atoms. The maximum Gasteiger partial charge on any atom is 0.320 e. The van der Waals surface area contributed by atoms with Crippen molar-refractivity contribution < 1.29 is 14.7 Å². The van der Waals surface area contributed by atoms with Crippen molar-refractivity contribution in [2.45, 2.75) is 129 Å². The van der Waals surface area contributed by atoms with Crippen LogP contribution in [0.5, 0.6) is 0 Å². The zero-order valence-electron chi connectivity index (χ0n) is 19.5. The van der Waals surface area contributed by atoms with Gasteiger partial charge in [0.2, 0.25) is 5.91 Å². The summed E-state index contributed by atoms with van der Waals surface area (Å²) in [6.45, 7) is 2.87. The van der Waals surface area contributed by atoms with E-state index in [1.54, 1.807) is 0 Å². The van der Waals surface area contributed by atoms with Gasteiger partial charge in [-0.15, -0.1) is 0 Å². The number of hydrogen-bond acceptors (Lipinski definition) is 3. The van der Waals surface area contributed by atoms with Gasteiger partial charge in [0.1, 0.15) is 6.04 Å². The topological polar surface area (TPSA) is 92.4 Å². The van der Waals surface area contributed by atoms with Crippen LogP contribution < -0.4 is 11.1 Å². The Kier molecular flexibility index (Phi) is 21.3. The summed E-state index contributed by atoms with van der Waals surface area (Å²) < 4.78 is 0. The highest BCUT2D eigenvalue weighted by atomic mass is 16.4. The molecule has 0 heterocycles. The molecule has 0 unspecified atom stereocenters. The molecule has 0 radical (unpaired) electrons. The van der Waals surface area contributed by atoms with Crippen LogP contribution >= 0.6 is 0 Å². The Morgan fingerprint density at radius 1 is 0.800 bits per heavy atom. The molecule has 4 N–H and O–H groups in total. The van der Waals surface area contributed by atoms with Crippen molar-refractivity contribution in [2.75, 3.05) is 6.54 Å². The maximum absolute atomic E-state index is 11.8. The summed E-state index contributed by atoms with van der Waals surface area (Å²) in [5, 5.41) is 11.6. The molecule has 0 bridgehead atoms. The molecule has 1 amide bonds. The molecule has 176 valence electrons. The predicted molar refractivity (Wildman–Crippen MR) is 127 cm³/mol. The normalized spacial score (nSPS) is 12.3. The Bertz CT molecular complexity index is 438. The second-order valence-electron chi connectivity index (χ2n) is 8.48. The number of nitrogens with one attached hydrogen (secondary N) is 1. The predicted octanol–water partition coefficient (Wildman–Crippen LogP) is 6.11. The van der Waals surface area contributed by atoms with Crippen molar-refractivity contribution in [1.82, 2.24) is 5.32 Å². The van der Waals surface area contributed by atoms with E-state index in [1.807, 2.05) is 0 Å². The van der Waals surface area contributed by atoms with Gasteiger partial charge < -0.3 is 16.2 Å². The molecule has 0 saturated heterocycles. The minimum absolute atomic E-state index is 0.106. The molecule has 0 saturated carbocycles. The van der Waals surface area contributed by atoms with Crippen LogP contribution in [0.4, 0.5) is 0 Å². The van der Waals surface area contributed by atoms with Gasteiger partial charge in [-0.2, -0.15) is 0 Å². The Morgan fingerprint density at radius 3 is 1.90 bits per heavy atom. The van der Waals surface area contributed by atoms with Gasteiger partial charge in [0, 0.05) is 13.0 Å². The number of carboxylic acids is 1. The third kappa shape index (κ3) is 21.4. The molecule has 0 spiro atoms. The first-order valence-corrected chi connectivity index (χ1v) is 12.5. The average Bonchev–Trinajstić information content (AvgIpc) is 2.72. The van der Waals surface area contributed by atoms with Crippen LogP contribution in [0.2, 0.25) is 0 Å². The van der Waals surface area contributed by atoms with Crippen LogP contribution in [-0.2, 0) is 9.59 Å². The van der Waals surface area contributed by atoms with Crippen LogP contribution in [0.25, 0.3) is 0 Å². The zero-order valence-corrected chi connectivity index (χ0v) is 19.5. The third-order valence-electron chi connectivity index (χ3n) is 5.50. The molecular weight excluding hydrogens is 376 g/mol. The van der Waals surface area contributed by atoms with E-state index in [9.17, 15) is 9.59 Å². The summed E-state index contributed by atoms with van der Waals surface area (Å²) >= 11 is 0. The van der Waals surface area contributed by atoms with Gasteiger partial charge in [-0.05, 0) is 51.4 Å². The molecule has 0 aliphatic rings. The number of hydrogen-bond donors (Lipinski definition) is 3. The third-order valence-corrected chi connectivity index (χ3v) is 5.50. The van der Waals surface area contributed by atoms with Crippen LogP contribution in [0, 0.1) is 0 Å². The molecule has 0 fully saturated rings. The van der Waals surface area contributed by atoms with Crippen molar-refractivity contribution in [3.8, 4) is 0 Å². The lowest BCUT2D eigenvalue weighted by Crippen LogP contribution is -2.30. The number of allylic oxidation sites excluding steroid dienone is 2. The van der Waals surface area contributed by atoms with Crippen LogP contribution in [0.3, 0.4) is 0 Å². The smallest absolute Gasteiger partial charge is 0.320 e. The highest BCUT2D eigenvalue weighted by molar-refractivity contribution is 5.75. The first kappa shape index (κ1) is 28.6. The Morgan fingerprint density at radius 2 is 1.33 bits per heavy atom. The summed E-state index contributed by atoms with van der Waals surface area (Å²) in [6.07, 6.45) is 25.0. The lowest BCUT2D eigenvalue weighted by atomic mass is 10.1. The van der Waals surface area contributed by atoms with Gasteiger partial charge in [-0.3, -0.25) is 9.59 Å². The lowest BCUT2D eigenvalue weighted by molar-refractivity contribution is -0.138. The van der Waals surface area contributed by atoms with Crippen LogP contribution in [0.15, 0.2) is 12.2 Å². The van der Waals surface area contributed by atoms with Gasteiger partial charge in [0.05, 0.1) is 0 Å². The van der Waals surface area contributed by atoms with Gasteiger partial charge >= 0.3 is 5.97 Å². The second kappa shape index (κ2) is 22.3. The molecule has 5 heteroatoms. The van der Waals surface area contributed by atoms with Crippen LogP contribution in [0.1, 0.15) is 122 Å². The van der Waals surface area contributed by atoms with Crippen molar-refractivity contribution >= 4 is 11.9 Å². The minimum Gasteiger partial charge on any atom is -0.480 e. The van der Waals surface area contributed by atoms with Crippen molar-refractivity contribution in [1.29, 1.82) is 0 Å². The summed E-state index contributed by atoms with van der Waals surface area (Å²) in [4.78, 5) is 22.4. The number of carboxylic acid groups (broad SMARTS) is 1. The molecule has 0 aromatic carbocycles. The van der Waals surface area contributed by atoms with Gasteiger partial charge in [-0.25, -0.2) is 0 Å². The molecule has 0 aliphatic carbocycles. The van der Waals surface area contributed by atoms with E-state index < -0.39 is 12.0 Å². The monoisotopic (exact) mass is 424 g/mol. The number of carbonyl (C=O) groups is 2. The van der Waals surface area contributed by atoms with E-state index in [2.05, 4.69) is 24.4 Å². The van der Waals surface area contributed by atoms with Gasteiger partial charge in [-0.1, -0.05) is 76.9 Å². The summed E-state index contributed by atoms with van der Waals surface area (Å²) in [5.74, 6) is -0.853.